The summed E-state index contributed by atoms with van der Waals surface area (Å²) in [5.74, 6) is 0. The van der Waals surface area contributed by atoms with Crippen LogP contribution >= 0.6 is 0 Å². The molecule has 1 saturated heterocycles. The first-order valence-electron chi connectivity index (χ1n) is 9.14. The van der Waals surface area contributed by atoms with Crippen LogP contribution in [0.15, 0.2) is 30.3 Å². The summed E-state index contributed by atoms with van der Waals surface area (Å²) in [5.41, 5.74) is 1.15. The number of rotatable bonds is 3. The Balaban J connectivity index is 1.42. The standard InChI is InChI=1S/C19H29N3O/c23-19(20-16-17-8-4-3-5-9-17)22-14-12-21(13-15-22)18-10-6-1-2-7-11-18/h3-5,8-9,18H,1-2,6-7,10-16H2,(H,20,23). The fourth-order valence-electron chi connectivity index (χ4n) is 3.80. The Morgan fingerprint density at radius 1 is 0.957 bits per heavy atom. The highest BCUT2D eigenvalue weighted by Crippen LogP contribution is 2.22. The molecule has 0 radical (unpaired) electrons. The minimum atomic E-state index is 0.0781. The molecule has 1 aliphatic carbocycles. The van der Waals surface area contributed by atoms with Gasteiger partial charge < -0.3 is 10.2 Å². The van der Waals surface area contributed by atoms with Crippen LogP contribution in [0.25, 0.3) is 0 Å². The third-order valence-electron chi connectivity index (χ3n) is 5.23. The fourth-order valence-corrected chi connectivity index (χ4v) is 3.80. The largest absolute Gasteiger partial charge is 0.334 e. The van der Waals surface area contributed by atoms with E-state index < -0.39 is 0 Å². The minimum absolute atomic E-state index is 0.0781. The molecule has 2 aliphatic rings. The zero-order chi connectivity index (χ0) is 15.9. The Kier molecular flexibility index (Phi) is 5.92. The molecule has 1 saturated carbocycles. The molecule has 1 aromatic carbocycles. The van der Waals surface area contributed by atoms with Gasteiger partial charge in [-0.05, 0) is 18.4 Å². The minimum Gasteiger partial charge on any atom is -0.334 e. The van der Waals surface area contributed by atoms with Crippen LogP contribution in [0.5, 0.6) is 0 Å². The second kappa shape index (κ2) is 8.34. The molecule has 1 aliphatic heterocycles. The lowest BCUT2D eigenvalue weighted by Crippen LogP contribution is -2.54. The van der Waals surface area contributed by atoms with Crippen molar-refractivity contribution in [1.29, 1.82) is 0 Å². The zero-order valence-electron chi connectivity index (χ0n) is 14.0. The summed E-state index contributed by atoms with van der Waals surface area (Å²) < 4.78 is 0. The number of urea groups is 1. The van der Waals surface area contributed by atoms with Gasteiger partial charge in [0.25, 0.3) is 0 Å². The summed E-state index contributed by atoms with van der Waals surface area (Å²) in [6.45, 7) is 4.39. The molecular formula is C19H29N3O. The lowest BCUT2D eigenvalue weighted by Gasteiger charge is -2.39. The third-order valence-corrected chi connectivity index (χ3v) is 5.23. The van der Waals surface area contributed by atoms with E-state index in [1.54, 1.807) is 0 Å². The van der Waals surface area contributed by atoms with E-state index in [1.165, 1.54) is 38.5 Å². The third kappa shape index (κ3) is 4.71. The topological polar surface area (TPSA) is 35.6 Å². The van der Waals surface area contributed by atoms with Gasteiger partial charge in [-0.3, -0.25) is 4.90 Å². The van der Waals surface area contributed by atoms with Crippen LogP contribution in [0, 0.1) is 0 Å². The number of hydrogen-bond donors (Lipinski definition) is 1. The summed E-state index contributed by atoms with van der Waals surface area (Å²) >= 11 is 0. The molecule has 126 valence electrons. The van der Waals surface area contributed by atoms with Crippen LogP contribution in [0.4, 0.5) is 4.79 Å². The number of carbonyl (C=O) groups excluding carboxylic acids is 1. The van der Waals surface area contributed by atoms with Gasteiger partial charge in [-0.15, -0.1) is 0 Å². The van der Waals surface area contributed by atoms with Crippen molar-refractivity contribution in [3.8, 4) is 0 Å². The maximum atomic E-state index is 12.3. The van der Waals surface area contributed by atoms with Crippen LogP contribution < -0.4 is 5.32 Å². The van der Waals surface area contributed by atoms with Gasteiger partial charge >= 0.3 is 6.03 Å². The van der Waals surface area contributed by atoms with Crippen LogP contribution in [-0.4, -0.2) is 48.1 Å². The lowest BCUT2D eigenvalue weighted by atomic mass is 10.1. The number of benzene rings is 1. The molecule has 0 unspecified atom stereocenters. The summed E-state index contributed by atoms with van der Waals surface area (Å²) in [6, 6.07) is 10.9. The molecule has 0 atom stereocenters. The van der Waals surface area contributed by atoms with Gasteiger partial charge in [0.2, 0.25) is 0 Å². The number of hydrogen-bond acceptors (Lipinski definition) is 2. The summed E-state index contributed by atoms with van der Waals surface area (Å²) in [5, 5.41) is 3.04. The highest BCUT2D eigenvalue weighted by molar-refractivity contribution is 5.74. The average molecular weight is 315 g/mol. The molecule has 4 heteroatoms. The smallest absolute Gasteiger partial charge is 0.317 e. The molecule has 0 bridgehead atoms. The van der Waals surface area contributed by atoms with Gasteiger partial charge in [-0.1, -0.05) is 56.0 Å². The molecule has 4 nitrogen and oxygen atoms in total. The van der Waals surface area contributed by atoms with Crippen molar-refractivity contribution in [1.82, 2.24) is 15.1 Å². The average Bonchev–Trinajstić information content (AvgIpc) is 2.90. The van der Waals surface area contributed by atoms with E-state index in [1.807, 2.05) is 35.2 Å². The first-order valence-corrected chi connectivity index (χ1v) is 9.14. The number of carbonyl (C=O) groups is 1. The van der Waals surface area contributed by atoms with Crippen molar-refractivity contribution in [3.05, 3.63) is 35.9 Å². The van der Waals surface area contributed by atoms with E-state index in [4.69, 9.17) is 0 Å². The van der Waals surface area contributed by atoms with Gasteiger partial charge in [0.05, 0.1) is 0 Å². The Morgan fingerprint density at radius 3 is 2.26 bits per heavy atom. The van der Waals surface area contributed by atoms with Crippen molar-refractivity contribution >= 4 is 6.03 Å². The SMILES string of the molecule is O=C(NCc1ccccc1)N1CCN(C2CCCCCC2)CC1. The van der Waals surface area contributed by atoms with Crippen LogP contribution in [0.3, 0.4) is 0 Å². The maximum absolute atomic E-state index is 12.3. The Bertz CT molecular complexity index is 475. The van der Waals surface area contributed by atoms with Gasteiger partial charge in [0.15, 0.2) is 0 Å². The van der Waals surface area contributed by atoms with E-state index in [0.29, 0.717) is 6.54 Å². The van der Waals surface area contributed by atoms with Crippen LogP contribution in [-0.2, 0) is 6.54 Å². The predicted octanol–water partition coefficient (Wildman–Crippen LogP) is 3.24. The van der Waals surface area contributed by atoms with Crippen molar-refractivity contribution in [2.24, 2.45) is 0 Å². The van der Waals surface area contributed by atoms with E-state index in [-0.39, 0.29) is 6.03 Å². The fraction of sp³-hybridized carbons (Fsp3) is 0.632. The molecule has 0 spiro atoms. The van der Waals surface area contributed by atoms with E-state index in [9.17, 15) is 4.79 Å². The normalized spacial score (nSPS) is 21.0. The van der Waals surface area contributed by atoms with Gasteiger partial charge in [0, 0.05) is 38.8 Å². The second-order valence-electron chi connectivity index (χ2n) is 6.81. The molecule has 2 amide bonds. The van der Waals surface area contributed by atoms with Crippen LogP contribution in [0.1, 0.15) is 44.1 Å². The van der Waals surface area contributed by atoms with Gasteiger partial charge in [0.1, 0.15) is 0 Å². The Morgan fingerprint density at radius 2 is 1.61 bits per heavy atom. The molecule has 3 rings (SSSR count). The molecule has 1 N–H and O–H groups in total. The van der Waals surface area contributed by atoms with Crippen molar-refractivity contribution in [2.45, 2.75) is 51.1 Å². The van der Waals surface area contributed by atoms with E-state index >= 15 is 0 Å². The van der Waals surface area contributed by atoms with Crippen molar-refractivity contribution < 1.29 is 4.79 Å². The summed E-state index contributed by atoms with van der Waals surface area (Å²) in [6.07, 6.45) is 8.25. The monoisotopic (exact) mass is 315 g/mol. The number of nitrogens with zero attached hydrogens (tertiary/aromatic N) is 2. The summed E-state index contributed by atoms with van der Waals surface area (Å²) in [7, 11) is 0. The number of amides is 2. The molecule has 1 heterocycles. The molecule has 1 aromatic rings. The van der Waals surface area contributed by atoms with E-state index in [0.717, 1.165) is 37.8 Å². The molecule has 23 heavy (non-hydrogen) atoms. The first kappa shape index (κ1) is 16.3. The Hall–Kier alpha value is -1.55. The first-order chi connectivity index (χ1) is 11.3. The number of nitrogens with one attached hydrogen (secondary N) is 1. The Labute approximate surface area is 139 Å². The van der Waals surface area contributed by atoms with Crippen molar-refractivity contribution in [2.75, 3.05) is 26.2 Å². The maximum Gasteiger partial charge on any atom is 0.317 e. The molecular weight excluding hydrogens is 286 g/mol. The quantitative estimate of drug-likeness (QED) is 0.869. The molecule has 0 aromatic heterocycles. The van der Waals surface area contributed by atoms with Crippen molar-refractivity contribution in [3.63, 3.8) is 0 Å². The second-order valence-corrected chi connectivity index (χ2v) is 6.81. The van der Waals surface area contributed by atoms with Gasteiger partial charge in [-0.25, -0.2) is 4.79 Å². The summed E-state index contributed by atoms with van der Waals surface area (Å²) in [4.78, 5) is 16.9. The highest BCUT2D eigenvalue weighted by Gasteiger charge is 2.26. The highest BCUT2D eigenvalue weighted by atomic mass is 16.2. The zero-order valence-corrected chi connectivity index (χ0v) is 14.0. The molecule has 2 fully saturated rings. The number of piperazine rings is 1. The van der Waals surface area contributed by atoms with Crippen LogP contribution in [0.2, 0.25) is 0 Å². The lowest BCUT2D eigenvalue weighted by molar-refractivity contribution is 0.101. The van der Waals surface area contributed by atoms with E-state index in [2.05, 4.69) is 10.2 Å². The predicted molar refractivity (Wildman–Crippen MR) is 93.3 cm³/mol. The van der Waals surface area contributed by atoms with Gasteiger partial charge in [-0.2, -0.15) is 0 Å².